The van der Waals surface area contributed by atoms with Gasteiger partial charge in [0.2, 0.25) is 15.9 Å². The Balaban J connectivity index is 2.17. The average Bonchev–Trinajstić information content (AvgIpc) is 2.67. The number of rotatable bonds is 7. The summed E-state index contributed by atoms with van der Waals surface area (Å²) in [4.78, 5) is 24.9. The fraction of sp³-hybridized carbons (Fsp3) is 0.263. The molecule has 2 aromatic rings. The molecule has 0 aromatic heterocycles. The molecule has 0 fully saturated rings. The van der Waals surface area contributed by atoms with E-state index >= 15 is 0 Å². The number of amides is 1. The minimum Gasteiger partial charge on any atom is -0.465 e. The van der Waals surface area contributed by atoms with Gasteiger partial charge in [-0.25, -0.2) is 13.2 Å². The van der Waals surface area contributed by atoms with Crippen LogP contribution < -0.4 is 5.32 Å². The van der Waals surface area contributed by atoms with Gasteiger partial charge in [-0.15, -0.1) is 11.8 Å². The lowest BCUT2D eigenvalue weighted by atomic mass is 10.1. The van der Waals surface area contributed by atoms with Crippen molar-refractivity contribution >= 4 is 39.3 Å². The van der Waals surface area contributed by atoms with E-state index in [0.29, 0.717) is 11.3 Å². The van der Waals surface area contributed by atoms with Gasteiger partial charge in [-0.1, -0.05) is 12.1 Å². The third-order valence-corrected chi connectivity index (χ3v) is 6.79. The van der Waals surface area contributed by atoms with Crippen LogP contribution in [0, 0.1) is 6.92 Å². The van der Waals surface area contributed by atoms with E-state index in [1.807, 2.05) is 18.4 Å². The highest BCUT2D eigenvalue weighted by Gasteiger charge is 2.25. The molecule has 1 N–H and O–H groups in total. The molecule has 0 spiro atoms. The molecule has 2 aromatic carbocycles. The van der Waals surface area contributed by atoms with Crippen LogP contribution in [-0.4, -0.2) is 51.6 Å². The number of sulfonamides is 1. The number of ether oxygens (including phenoxy) is 1. The molecular weight excluding hydrogens is 400 g/mol. The number of carbonyl (C=O) groups is 2. The summed E-state index contributed by atoms with van der Waals surface area (Å²) < 4.78 is 31.3. The van der Waals surface area contributed by atoms with Gasteiger partial charge in [0.05, 0.1) is 29.8 Å². The fourth-order valence-electron chi connectivity index (χ4n) is 2.58. The summed E-state index contributed by atoms with van der Waals surface area (Å²) in [6, 6.07) is 11.5. The van der Waals surface area contributed by atoms with Crippen LogP contribution in [0.3, 0.4) is 0 Å². The molecule has 0 bridgehead atoms. The van der Waals surface area contributed by atoms with Gasteiger partial charge < -0.3 is 10.1 Å². The summed E-state index contributed by atoms with van der Waals surface area (Å²) in [5.41, 5.74) is 1.28. The third kappa shape index (κ3) is 4.92. The molecule has 0 aliphatic carbocycles. The van der Waals surface area contributed by atoms with Gasteiger partial charge in [0.1, 0.15) is 0 Å². The lowest BCUT2D eigenvalue weighted by molar-refractivity contribution is -0.116. The molecular formula is C19H22N2O5S2. The molecule has 0 saturated heterocycles. The van der Waals surface area contributed by atoms with Crippen molar-refractivity contribution < 1.29 is 22.7 Å². The first-order valence-electron chi connectivity index (χ1n) is 8.29. The number of thioether (sulfide) groups is 1. The number of aryl methyl sites for hydroxylation is 1. The minimum atomic E-state index is -3.91. The van der Waals surface area contributed by atoms with Crippen LogP contribution in [0.5, 0.6) is 0 Å². The maximum Gasteiger partial charge on any atom is 0.337 e. The topological polar surface area (TPSA) is 92.8 Å². The number of hydrogen-bond acceptors (Lipinski definition) is 6. The van der Waals surface area contributed by atoms with Gasteiger partial charge in [0.25, 0.3) is 0 Å². The van der Waals surface area contributed by atoms with Gasteiger partial charge in [-0.05, 0) is 49.1 Å². The number of para-hydroxylation sites is 1. The quantitative estimate of drug-likeness (QED) is 0.545. The lowest BCUT2D eigenvalue weighted by Crippen LogP contribution is -2.35. The maximum absolute atomic E-state index is 12.8. The molecule has 0 atom stereocenters. The van der Waals surface area contributed by atoms with Gasteiger partial charge >= 0.3 is 5.97 Å². The smallest absolute Gasteiger partial charge is 0.337 e. The molecule has 2 rings (SSSR count). The molecule has 1 amide bonds. The van der Waals surface area contributed by atoms with Crippen LogP contribution in [0.2, 0.25) is 0 Å². The second kappa shape index (κ2) is 9.22. The first kappa shape index (κ1) is 21.9. The van der Waals surface area contributed by atoms with Gasteiger partial charge in [0, 0.05) is 11.9 Å². The Morgan fingerprint density at radius 3 is 2.46 bits per heavy atom. The monoisotopic (exact) mass is 422 g/mol. The summed E-state index contributed by atoms with van der Waals surface area (Å²) in [7, 11) is -1.32. The number of hydrogen-bond donors (Lipinski definition) is 1. The second-order valence-corrected chi connectivity index (χ2v) is 8.84. The highest BCUT2D eigenvalue weighted by Crippen LogP contribution is 2.25. The largest absolute Gasteiger partial charge is 0.465 e. The summed E-state index contributed by atoms with van der Waals surface area (Å²) in [5.74, 6) is -0.997. The highest BCUT2D eigenvalue weighted by atomic mass is 32.2. The highest BCUT2D eigenvalue weighted by molar-refractivity contribution is 7.98. The molecule has 0 radical (unpaired) electrons. The van der Waals surface area contributed by atoms with Crippen LogP contribution >= 0.6 is 11.8 Å². The number of methoxy groups -OCH3 is 1. The van der Waals surface area contributed by atoms with Gasteiger partial charge in [0.15, 0.2) is 0 Å². The number of nitrogens with one attached hydrogen (secondary N) is 1. The summed E-state index contributed by atoms with van der Waals surface area (Å²) in [5, 5.41) is 2.74. The standard InChI is InChI=1S/C19H22N2O5S2/c1-13-11-14(19(23)26-3)9-10-17(13)28(24,25)21(2)12-18(22)20-15-7-5-6-8-16(15)27-4/h5-11H,12H2,1-4H3,(H,20,22). The summed E-state index contributed by atoms with van der Waals surface area (Å²) in [6.07, 6.45) is 1.89. The number of benzene rings is 2. The van der Waals surface area contributed by atoms with Crippen LogP contribution in [0.25, 0.3) is 0 Å². The van der Waals surface area contributed by atoms with Crippen molar-refractivity contribution in [3.8, 4) is 0 Å². The van der Waals surface area contributed by atoms with Crippen molar-refractivity contribution in [2.45, 2.75) is 16.7 Å². The lowest BCUT2D eigenvalue weighted by Gasteiger charge is -2.19. The predicted molar refractivity (Wildman–Crippen MR) is 109 cm³/mol. The number of carbonyl (C=O) groups excluding carboxylic acids is 2. The van der Waals surface area contributed by atoms with Crippen molar-refractivity contribution in [1.82, 2.24) is 4.31 Å². The van der Waals surface area contributed by atoms with Crippen molar-refractivity contribution in [3.05, 3.63) is 53.6 Å². The first-order valence-corrected chi connectivity index (χ1v) is 11.0. The zero-order valence-electron chi connectivity index (χ0n) is 16.1. The zero-order chi connectivity index (χ0) is 20.9. The van der Waals surface area contributed by atoms with E-state index in [9.17, 15) is 18.0 Å². The zero-order valence-corrected chi connectivity index (χ0v) is 17.7. The SMILES string of the molecule is COC(=O)c1ccc(S(=O)(=O)N(C)CC(=O)Nc2ccccc2SC)c(C)c1. The Kier molecular flexibility index (Phi) is 7.22. The van der Waals surface area contributed by atoms with E-state index in [2.05, 4.69) is 10.1 Å². The molecule has 0 aliphatic heterocycles. The van der Waals surface area contributed by atoms with Crippen molar-refractivity contribution in [2.75, 3.05) is 32.3 Å². The Bertz CT molecular complexity index is 990. The summed E-state index contributed by atoms with van der Waals surface area (Å²) >= 11 is 1.48. The molecule has 0 saturated carbocycles. The third-order valence-electron chi connectivity index (χ3n) is 4.03. The predicted octanol–water partition coefficient (Wildman–Crippen LogP) is 2.76. The van der Waals surface area contributed by atoms with E-state index in [4.69, 9.17) is 0 Å². The fourth-order valence-corrected chi connectivity index (χ4v) is 4.46. The number of anilines is 1. The number of esters is 1. The Morgan fingerprint density at radius 2 is 1.86 bits per heavy atom. The molecule has 0 aliphatic rings. The van der Waals surface area contributed by atoms with Crippen LogP contribution in [0.4, 0.5) is 5.69 Å². The van der Waals surface area contributed by atoms with Crippen LogP contribution in [-0.2, 0) is 19.6 Å². The Hall–Kier alpha value is -2.36. The minimum absolute atomic E-state index is 0.0277. The molecule has 28 heavy (non-hydrogen) atoms. The molecule has 0 unspecified atom stereocenters. The first-order chi connectivity index (χ1) is 13.2. The molecule has 7 nitrogen and oxygen atoms in total. The van der Waals surface area contributed by atoms with E-state index < -0.39 is 21.9 Å². The normalized spacial score (nSPS) is 11.3. The Labute approximate surface area is 169 Å². The van der Waals surface area contributed by atoms with E-state index in [1.54, 1.807) is 19.1 Å². The van der Waals surface area contributed by atoms with E-state index in [1.165, 1.54) is 44.1 Å². The number of likely N-dealkylation sites (N-methyl/N-ethyl adjacent to an activating group) is 1. The Morgan fingerprint density at radius 1 is 1.18 bits per heavy atom. The molecule has 0 heterocycles. The van der Waals surface area contributed by atoms with E-state index in [-0.39, 0.29) is 17.0 Å². The summed E-state index contributed by atoms with van der Waals surface area (Å²) in [6.45, 7) is 1.24. The van der Waals surface area contributed by atoms with Crippen molar-refractivity contribution in [1.29, 1.82) is 0 Å². The maximum atomic E-state index is 12.8. The van der Waals surface area contributed by atoms with Gasteiger partial charge in [-0.3, -0.25) is 4.79 Å². The van der Waals surface area contributed by atoms with Crippen LogP contribution in [0.15, 0.2) is 52.3 Å². The molecule has 9 heteroatoms. The van der Waals surface area contributed by atoms with E-state index in [0.717, 1.165) is 9.20 Å². The van der Waals surface area contributed by atoms with Crippen LogP contribution in [0.1, 0.15) is 15.9 Å². The van der Waals surface area contributed by atoms with Crippen molar-refractivity contribution in [3.63, 3.8) is 0 Å². The number of nitrogens with zero attached hydrogens (tertiary/aromatic N) is 1. The molecule has 150 valence electrons. The van der Waals surface area contributed by atoms with Crippen molar-refractivity contribution in [2.24, 2.45) is 0 Å². The average molecular weight is 423 g/mol. The van der Waals surface area contributed by atoms with Gasteiger partial charge in [-0.2, -0.15) is 4.31 Å². The second-order valence-electron chi connectivity index (χ2n) is 5.98.